The van der Waals surface area contributed by atoms with Gasteiger partial charge in [0.05, 0.1) is 17.2 Å². The Morgan fingerprint density at radius 2 is 1.71 bits per heavy atom. The van der Waals surface area contributed by atoms with Crippen molar-refractivity contribution in [3.05, 3.63) is 65.1 Å². The molecular formula is C38H45F3N8O2S. The van der Waals surface area contributed by atoms with Gasteiger partial charge in [-0.1, -0.05) is 12.1 Å². The fourth-order valence-electron chi connectivity index (χ4n) is 8.68. The smallest absolute Gasteiger partial charge is 0.355 e. The molecule has 5 heterocycles. The number of rotatable bonds is 9. The highest BCUT2D eigenvalue weighted by atomic mass is 32.2. The summed E-state index contributed by atoms with van der Waals surface area (Å²) in [5, 5.41) is 11.7. The highest BCUT2D eigenvalue weighted by Gasteiger charge is 2.46. The second-order valence-electron chi connectivity index (χ2n) is 15.5. The average molecular weight is 735 g/mol. The van der Waals surface area contributed by atoms with Gasteiger partial charge in [0.1, 0.15) is 23.9 Å². The lowest BCUT2D eigenvalue weighted by molar-refractivity contribution is -0.127. The number of aryl methyl sites for hydroxylation is 1. The number of hydrogen-bond donors (Lipinski definition) is 0. The van der Waals surface area contributed by atoms with Gasteiger partial charge in [-0.15, -0.1) is 0 Å². The van der Waals surface area contributed by atoms with E-state index in [-0.39, 0.29) is 22.3 Å². The minimum atomic E-state index is -4.27. The van der Waals surface area contributed by atoms with Gasteiger partial charge < -0.3 is 9.47 Å². The van der Waals surface area contributed by atoms with E-state index in [0.717, 1.165) is 69.3 Å². The lowest BCUT2D eigenvalue weighted by atomic mass is 9.72. The second-order valence-corrected chi connectivity index (χ2v) is 17.7. The minimum Gasteiger partial charge on any atom is -0.355 e. The van der Waals surface area contributed by atoms with Gasteiger partial charge in [0.2, 0.25) is 10.0 Å². The fraction of sp³-hybridized carbons (Fsp3) is 0.553. The van der Waals surface area contributed by atoms with Crippen LogP contribution in [0, 0.1) is 23.7 Å². The first-order valence-corrected chi connectivity index (χ1v) is 19.9. The first-order valence-electron chi connectivity index (χ1n) is 18.4. The summed E-state index contributed by atoms with van der Waals surface area (Å²) in [5.74, 6) is 0.714. The number of piperazine rings is 1. The normalized spacial score (nSPS) is 21.1. The Bertz CT molecular complexity index is 2140. The van der Waals surface area contributed by atoms with Gasteiger partial charge in [-0.05, 0) is 93.6 Å². The number of aromatic nitrogens is 3. The van der Waals surface area contributed by atoms with E-state index in [1.165, 1.54) is 23.5 Å². The van der Waals surface area contributed by atoms with Gasteiger partial charge in [-0.3, -0.25) is 9.80 Å². The van der Waals surface area contributed by atoms with Crippen molar-refractivity contribution in [2.45, 2.75) is 76.5 Å². The molecule has 0 amide bonds. The van der Waals surface area contributed by atoms with Gasteiger partial charge in [-0.2, -0.15) is 22.7 Å². The zero-order valence-electron chi connectivity index (χ0n) is 29.7. The van der Waals surface area contributed by atoms with E-state index in [9.17, 15) is 26.9 Å². The van der Waals surface area contributed by atoms with Crippen LogP contribution in [0.15, 0.2) is 42.7 Å². The molecule has 4 aromatic rings. The monoisotopic (exact) mass is 734 g/mol. The number of fused-ring (bicyclic) bond motifs is 2. The molecule has 1 saturated carbocycles. The Balaban J connectivity index is 0.890. The highest BCUT2D eigenvalue weighted by molar-refractivity contribution is 7.90. The molecule has 4 aliphatic rings. The van der Waals surface area contributed by atoms with Crippen LogP contribution in [-0.2, 0) is 29.5 Å². The largest absolute Gasteiger partial charge is 0.393 e. The number of likely N-dealkylation sites (tertiary alicyclic amines) is 1. The van der Waals surface area contributed by atoms with Crippen molar-refractivity contribution in [3.63, 3.8) is 0 Å². The summed E-state index contributed by atoms with van der Waals surface area (Å²) in [4.78, 5) is 15.8. The summed E-state index contributed by atoms with van der Waals surface area (Å²) in [5.41, 5.74) is 5.18. The lowest BCUT2D eigenvalue weighted by Crippen LogP contribution is -2.60. The SMILES string of the molecule is Cc1c(CN2CCC3(CC2)CN(c2ncnc4ccc(CC(F)(F)F)cc24)C3)ccc2c1cc(C#N)n2CC(C)N1CCN(S(=O)(=O)C2CC2)CC1. The number of hydrogen-bond acceptors (Lipinski definition) is 8. The summed E-state index contributed by atoms with van der Waals surface area (Å²) in [6.07, 6.45) is -0.0966. The third-order valence-electron chi connectivity index (χ3n) is 12.0. The number of anilines is 1. The molecular weight excluding hydrogens is 690 g/mol. The first-order chi connectivity index (χ1) is 24.8. The van der Waals surface area contributed by atoms with Crippen LogP contribution in [-0.4, -0.2) is 107 Å². The van der Waals surface area contributed by atoms with Crippen molar-refractivity contribution in [1.29, 1.82) is 5.26 Å². The second kappa shape index (κ2) is 13.3. The summed E-state index contributed by atoms with van der Waals surface area (Å²) >= 11 is 0. The van der Waals surface area contributed by atoms with Crippen LogP contribution in [0.3, 0.4) is 0 Å². The lowest BCUT2D eigenvalue weighted by Gasteiger charge is -2.54. The van der Waals surface area contributed by atoms with Gasteiger partial charge in [0.25, 0.3) is 0 Å². The number of benzene rings is 2. The molecule has 2 aromatic heterocycles. The molecule has 3 saturated heterocycles. The van der Waals surface area contributed by atoms with E-state index in [1.807, 2.05) is 6.07 Å². The van der Waals surface area contributed by atoms with Crippen molar-refractivity contribution in [2.24, 2.45) is 5.41 Å². The average Bonchev–Trinajstić information content (AvgIpc) is 3.91. The number of halogens is 3. The molecule has 0 bridgehead atoms. The van der Waals surface area contributed by atoms with Crippen LogP contribution < -0.4 is 4.90 Å². The Kier molecular flexibility index (Phi) is 9.00. The fourth-order valence-corrected chi connectivity index (χ4v) is 10.5. The zero-order valence-corrected chi connectivity index (χ0v) is 30.6. The third kappa shape index (κ3) is 6.77. The van der Waals surface area contributed by atoms with Crippen molar-refractivity contribution in [3.8, 4) is 6.07 Å². The number of sulfonamides is 1. The van der Waals surface area contributed by atoms with Crippen molar-refractivity contribution in [1.82, 2.24) is 28.6 Å². The molecule has 4 fully saturated rings. The van der Waals surface area contributed by atoms with Gasteiger partial charge in [0.15, 0.2) is 0 Å². The molecule has 1 unspecified atom stereocenters. The Morgan fingerprint density at radius 3 is 2.38 bits per heavy atom. The van der Waals surface area contributed by atoms with Crippen LogP contribution >= 0.6 is 0 Å². The Labute approximate surface area is 302 Å². The van der Waals surface area contributed by atoms with Crippen LogP contribution in [0.25, 0.3) is 21.8 Å². The number of nitrogens with zero attached hydrogens (tertiary/aromatic N) is 8. The molecule has 3 aliphatic heterocycles. The number of piperidine rings is 1. The van der Waals surface area contributed by atoms with Crippen LogP contribution in [0.5, 0.6) is 0 Å². The molecule has 1 atom stereocenters. The summed E-state index contributed by atoms with van der Waals surface area (Å²) < 4.78 is 68.5. The maximum absolute atomic E-state index is 13.1. The van der Waals surface area contributed by atoms with Crippen molar-refractivity contribution >= 4 is 37.6 Å². The Hall–Kier alpha value is -3.77. The number of alkyl halides is 3. The zero-order chi connectivity index (χ0) is 36.4. The standard InChI is InChI=1S/C38H45F3N8O2S/c1-26(46-13-15-48(16-14-46)52(50,51)31-5-6-31)21-49-30(20-42)18-32-27(2)29(4-8-35(32)49)22-45-11-9-37(10-12-45)23-47(24-37)36-33-17-28(19-38(39,40)41)3-7-34(33)43-25-44-36/h3-4,7-8,17-18,25-26,31H,5-6,9-16,19,21-24H2,1-2H3. The molecule has 1 aliphatic carbocycles. The molecule has 8 rings (SSSR count). The maximum atomic E-state index is 13.1. The molecule has 10 nitrogen and oxygen atoms in total. The molecule has 276 valence electrons. The van der Waals surface area contributed by atoms with Gasteiger partial charge in [0, 0.05) is 80.1 Å². The van der Waals surface area contributed by atoms with E-state index in [0.29, 0.717) is 55.1 Å². The molecule has 14 heteroatoms. The van der Waals surface area contributed by atoms with Crippen LogP contribution in [0.4, 0.5) is 19.0 Å². The maximum Gasteiger partial charge on any atom is 0.393 e. The molecule has 0 N–H and O–H groups in total. The topological polar surface area (TPSA) is 102 Å². The summed E-state index contributed by atoms with van der Waals surface area (Å²) in [6.45, 7) is 11.8. The predicted octanol–water partition coefficient (Wildman–Crippen LogP) is 5.47. The van der Waals surface area contributed by atoms with E-state index in [1.54, 1.807) is 16.4 Å². The van der Waals surface area contributed by atoms with Crippen LogP contribution in [0.1, 0.15) is 55.0 Å². The molecule has 2 aromatic carbocycles. The first kappa shape index (κ1) is 35.3. The van der Waals surface area contributed by atoms with E-state index in [2.05, 4.69) is 61.3 Å². The van der Waals surface area contributed by atoms with Crippen LogP contribution in [0.2, 0.25) is 0 Å². The Morgan fingerprint density at radius 1 is 0.981 bits per heavy atom. The summed E-state index contributed by atoms with van der Waals surface area (Å²) in [7, 11) is -3.15. The predicted molar refractivity (Wildman–Crippen MR) is 194 cm³/mol. The van der Waals surface area contributed by atoms with E-state index < -0.39 is 22.6 Å². The number of nitriles is 1. The molecule has 0 radical (unpaired) electrons. The van der Waals surface area contributed by atoms with Gasteiger partial charge >= 0.3 is 6.18 Å². The van der Waals surface area contributed by atoms with Crippen molar-refractivity contribution in [2.75, 3.05) is 57.3 Å². The molecule has 52 heavy (non-hydrogen) atoms. The quantitative estimate of drug-likeness (QED) is 0.223. The van der Waals surface area contributed by atoms with Crippen molar-refractivity contribution < 1.29 is 21.6 Å². The van der Waals surface area contributed by atoms with Gasteiger partial charge in [-0.25, -0.2) is 18.4 Å². The minimum absolute atomic E-state index is 0.150. The van der Waals surface area contributed by atoms with E-state index >= 15 is 0 Å². The molecule has 1 spiro atoms. The highest BCUT2D eigenvalue weighted by Crippen LogP contribution is 2.44. The summed E-state index contributed by atoms with van der Waals surface area (Å²) in [6, 6.07) is 13.7. The van der Waals surface area contributed by atoms with E-state index in [4.69, 9.17) is 0 Å². The third-order valence-corrected chi connectivity index (χ3v) is 14.4.